The van der Waals surface area contributed by atoms with Crippen molar-refractivity contribution in [3.8, 4) is 11.5 Å². The van der Waals surface area contributed by atoms with Crippen LogP contribution in [0.15, 0.2) is 59.6 Å². The molecule has 7 nitrogen and oxygen atoms in total. The van der Waals surface area contributed by atoms with Crippen LogP contribution in [0, 0.1) is 0 Å². The Balaban J connectivity index is 0.00000306. The summed E-state index contributed by atoms with van der Waals surface area (Å²) in [6, 6.07) is 15.1. The summed E-state index contributed by atoms with van der Waals surface area (Å²) in [5.41, 5.74) is 3.61. The summed E-state index contributed by atoms with van der Waals surface area (Å²) in [4.78, 5) is 9.12. The van der Waals surface area contributed by atoms with E-state index in [-0.39, 0.29) is 24.0 Å². The number of methoxy groups -OCH3 is 2. The second-order valence-electron chi connectivity index (χ2n) is 8.12. The molecular formula is C25H34IN5O2. The van der Waals surface area contributed by atoms with E-state index in [1.165, 1.54) is 11.3 Å². The molecule has 2 aromatic rings. The molecule has 0 aromatic heterocycles. The van der Waals surface area contributed by atoms with Gasteiger partial charge >= 0.3 is 0 Å². The minimum atomic E-state index is 0. The summed E-state index contributed by atoms with van der Waals surface area (Å²) in [5, 5.41) is 7.01. The summed E-state index contributed by atoms with van der Waals surface area (Å²) in [7, 11) is 5.18. The lowest BCUT2D eigenvalue weighted by atomic mass is 10.2. The fourth-order valence-electron chi connectivity index (χ4n) is 4.17. The van der Waals surface area contributed by atoms with Gasteiger partial charge in [0.15, 0.2) is 5.96 Å². The minimum absolute atomic E-state index is 0. The number of anilines is 2. The third-order valence-electron chi connectivity index (χ3n) is 6.03. The molecule has 2 N–H and O–H groups in total. The van der Waals surface area contributed by atoms with Gasteiger partial charge in [-0.25, -0.2) is 0 Å². The van der Waals surface area contributed by atoms with Gasteiger partial charge in [0.05, 0.1) is 14.2 Å². The average molecular weight is 563 g/mol. The number of aliphatic imine (C=N–C) groups is 1. The number of benzene rings is 2. The van der Waals surface area contributed by atoms with Crippen LogP contribution in [0.4, 0.5) is 11.4 Å². The third kappa shape index (κ3) is 6.46. The monoisotopic (exact) mass is 563 g/mol. The summed E-state index contributed by atoms with van der Waals surface area (Å²) in [6.45, 7) is 4.60. The van der Waals surface area contributed by atoms with Gasteiger partial charge in [-0.15, -0.1) is 24.0 Å². The zero-order chi connectivity index (χ0) is 22.3. The number of hydrogen-bond acceptors (Lipinski definition) is 5. The summed E-state index contributed by atoms with van der Waals surface area (Å²) >= 11 is 0. The molecule has 0 bridgehead atoms. The van der Waals surface area contributed by atoms with Gasteiger partial charge in [0.2, 0.25) is 0 Å². The van der Waals surface area contributed by atoms with E-state index in [9.17, 15) is 0 Å². The Hall–Kier alpha value is -2.62. The van der Waals surface area contributed by atoms with Crippen LogP contribution in [-0.4, -0.2) is 59.4 Å². The lowest BCUT2D eigenvalue weighted by Gasteiger charge is -2.21. The lowest BCUT2D eigenvalue weighted by molar-refractivity contribution is 0.394. The van der Waals surface area contributed by atoms with Crippen LogP contribution in [0.3, 0.4) is 0 Å². The van der Waals surface area contributed by atoms with Crippen LogP contribution in [0.5, 0.6) is 11.5 Å². The maximum absolute atomic E-state index is 5.42. The van der Waals surface area contributed by atoms with Crippen molar-refractivity contribution in [2.75, 3.05) is 57.2 Å². The highest BCUT2D eigenvalue weighted by Crippen LogP contribution is 2.30. The van der Waals surface area contributed by atoms with E-state index in [1.54, 1.807) is 14.2 Å². The van der Waals surface area contributed by atoms with Crippen LogP contribution in [0.1, 0.15) is 12.0 Å². The fourth-order valence-corrected chi connectivity index (χ4v) is 4.17. The Morgan fingerprint density at radius 2 is 1.64 bits per heavy atom. The molecule has 2 aliphatic heterocycles. The first-order valence-electron chi connectivity index (χ1n) is 11.1. The standard InChI is InChI=1S/C25H33N5O2.HI/c1-26-25(27-17-19-6-8-21(9-7-19)29-11-4-5-12-29)28-20-10-13-30(18-20)22-14-23(31-2)16-24(15-22)32-3;/h4-9,14-16,20H,10-13,17-18H2,1-3H3,(H2,26,27,28);1H. The van der Waals surface area contributed by atoms with Crippen molar-refractivity contribution in [1.29, 1.82) is 0 Å². The Kier molecular flexibility index (Phi) is 9.11. The minimum Gasteiger partial charge on any atom is -0.497 e. The second-order valence-corrected chi connectivity index (χ2v) is 8.12. The molecule has 2 aliphatic rings. The first kappa shape index (κ1) is 25.0. The molecular weight excluding hydrogens is 529 g/mol. The average Bonchev–Trinajstić information content (AvgIpc) is 3.54. The number of hydrogen-bond donors (Lipinski definition) is 2. The van der Waals surface area contributed by atoms with E-state index in [0.29, 0.717) is 6.04 Å². The lowest BCUT2D eigenvalue weighted by Crippen LogP contribution is -2.44. The van der Waals surface area contributed by atoms with Crippen molar-refractivity contribution < 1.29 is 9.47 Å². The number of guanidine groups is 1. The first-order chi connectivity index (χ1) is 15.7. The molecule has 1 atom stereocenters. The van der Waals surface area contributed by atoms with Crippen molar-refractivity contribution in [2.24, 2.45) is 4.99 Å². The molecule has 2 aromatic carbocycles. The molecule has 4 rings (SSSR count). The predicted molar refractivity (Wildman–Crippen MR) is 147 cm³/mol. The van der Waals surface area contributed by atoms with E-state index < -0.39 is 0 Å². The second kappa shape index (κ2) is 12.0. The van der Waals surface area contributed by atoms with E-state index in [1.807, 2.05) is 13.1 Å². The highest BCUT2D eigenvalue weighted by molar-refractivity contribution is 14.0. The van der Waals surface area contributed by atoms with Gasteiger partial charge in [-0.1, -0.05) is 24.3 Å². The smallest absolute Gasteiger partial charge is 0.191 e. The molecule has 1 fully saturated rings. The van der Waals surface area contributed by atoms with Crippen LogP contribution in [0.2, 0.25) is 0 Å². The molecule has 0 aliphatic carbocycles. The van der Waals surface area contributed by atoms with E-state index >= 15 is 0 Å². The summed E-state index contributed by atoms with van der Waals surface area (Å²) < 4.78 is 10.8. The molecule has 33 heavy (non-hydrogen) atoms. The zero-order valence-corrected chi connectivity index (χ0v) is 21.9. The van der Waals surface area contributed by atoms with Crippen molar-refractivity contribution >= 4 is 41.3 Å². The Labute approximate surface area is 213 Å². The highest BCUT2D eigenvalue weighted by Gasteiger charge is 2.24. The number of ether oxygens (including phenoxy) is 2. The Bertz CT molecular complexity index is 934. The molecule has 0 amide bonds. The zero-order valence-electron chi connectivity index (χ0n) is 19.6. The van der Waals surface area contributed by atoms with Gasteiger partial charge in [-0.3, -0.25) is 4.99 Å². The van der Waals surface area contributed by atoms with Gasteiger partial charge in [0.1, 0.15) is 11.5 Å². The quantitative estimate of drug-likeness (QED) is 0.232. The molecule has 178 valence electrons. The third-order valence-corrected chi connectivity index (χ3v) is 6.03. The van der Waals surface area contributed by atoms with Gasteiger partial charge in [0.25, 0.3) is 0 Å². The topological polar surface area (TPSA) is 61.4 Å². The normalized spacial score (nSPS) is 17.7. The van der Waals surface area contributed by atoms with Gasteiger partial charge < -0.3 is 29.9 Å². The number of rotatable bonds is 7. The Morgan fingerprint density at radius 3 is 2.24 bits per heavy atom. The summed E-state index contributed by atoms with van der Waals surface area (Å²) in [6.07, 6.45) is 5.46. The van der Waals surface area contributed by atoms with Crippen LogP contribution in [0.25, 0.3) is 0 Å². The molecule has 2 heterocycles. The molecule has 0 saturated carbocycles. The SMILES string of the molecule is CN=C(NCc1ccc(N2CC=CC2)cc1)NC1CCN(c2cc(OC)cc(OC)c2)C1.I. The summed E-state index contributed by atoms with van der Waals surface area (Å²) in [5.74, 6) is 2.44. The van der Waals surface area contributed by atoms with E-state index in [4.69, 9.17) is 9.47 Å². The molecule has 8 heteroatoms. The van der Waals surface area contributed by atoms with E-state index in [2.05, 4.69) is 74.0 Å². The molecule has 1 unspecified atom stereocenters. The highest BCUT2D eigenvalue weighted by atomic mass is 127. The maximum Gasteiger partial charge on any atom is 0.191 e. The van der Waals surface area contributed by atoms with E-state index in [0.717, 1.165) is 62.3 Å². The number of nitrogens with zero attached hydrogens (tertiary/aromatic N) is 3. The number of halogens is 1. The van der Waals surface area contributed by atoms with Gasteiger partial charge in [0, 0.05) is 75.4 Å². The fraction of sp³-hybridized carbons (Fsp3) is 0.400. The molecule has 1 saturated heterocycles. The van der Waals surface area contributed by atoms with Crippen LogP contribution >= 0.6 is 24.0 Å². The van der Waals surface area contributed by atoms with Gasteiger partial charge in [-0.05, 0) is 24.1 Å². The number of nitrogens with one attached hydrogen (secondary N) is 2. The predicted octanol–water partition coefficient (Wildman–Crippen LogP) is 3.64. The molecule has 0 spiro atoms. The van der Waals surface area contributed by atoms with Crippen molar-refractivity contribution in [1.82, 2.24) is 10.6 Å². The van der Waals surface area contributed by atoms with Crippen molar-refractivity contribution in [3.05, 3.63) is 60.2 Å². The van der Waals surface area contributed by atoms with Crippen LogP contribution in [-0.2, 0) is 6.54 Å². The molecule has 0 radical (unpaired) electrons. The maximum atomic E-state index is 5.42. The van der Waals surface area contributed by atoms with Crippen LogP contribution < -0.4 is 29.9 Å². The first-order valence-corrected chi connectivity index (χ1v) is 11.1. The largest absolute Gasteiger partial charge is 0.497 e. The van der Waals surface area contributed by atoms with Gasteiger partial charge in [-0.2, -0.15) is 0 Å². The Morgan fingerprint density at radius 1 is 0.970 bits per heavy atom. The van der Waals surface area contributed by atoms with Crippen molar-refractivity contribution in [3.63, 3.8) is 0 Å². The van der Waals surface area contributed by atoms with Crippen molar-refractivity contribution in [2.45, 2.75) is 19.0 Å².